The van der Waals surface area contributed by atoms with Crippen LogP contribution in [0.15, 0.2) is 121 Å². The second-order valence-corrected chi connectivity index (χ2v) is 34.3. The Balaban J connectivity index is 0.000000198. The van der Waals surface area contributed by atoms with Gasteiger partial charge in [0.15, 0.2) is 58.6 Å². The van der Waals surface area contributed by atoms with Gasteiger partial charge in [-0.05, 0) is 163 Å². The van der Waals surface area contributed by atoms with Crippen LogP contribution in [0.2, 0.25) is 15.2 Å². The first-order valence-corrected chi connectivity index (χ1v) is 39.4. The molecule has 10 atom stereocenters. The molecule has 0 aliphatic carbocycles. The van der Waals surface area contributed by atoms with Gasteiger partial charge in [0.1, 0.15) is 65.3 Å². The van der Waals surface area contributed by atoms with Crippen molar-refractivity contribution in [3.8, 4) is 57.0 Å². The molecule has 5 aromatic carbocycles. The van der Waals surface area contributed by atoms with Crippen LogP contribution in [0.4, 0.5) is 0 Å². The molecule has 6 heterocycles. The van der Waals surface area contributed by atoms with E-state index in [0.29, 0.717) is 112 Å². The van der Waals surface area contributed by atoms with Crippen molar-refractivity contribution >= 4 is 63.1 Å². The molecule has 3 aliphatic rings. The number of rotatable bonds is 31. The lowest BCUT2D eigenvalue weighted by molar-refractivity contribution is -0.0946. The van der Waals surface area contributed by atoms with Crippen molar-refractivity contribution in [1.82, 2.24) is 19.7 Å². The third-order valence-corrected chi connectivity index (χ3v) is 22.3. The number of aliphatic hydroxyl groups is 6. The zero-order valence-electron chi connectivity index (χ0n) is 66.8. The summed E-state index contributed by atoms with van der Waals surface area (Å²) in [5.74, 6) is 2.49. The molecule has 7 unspecified atom stereocenters. The standard InChI is InChI=1S/C33H41ClN2O7S.C29H33ClN2O6.C23H29ClN2O6/c1-20(37)42-18-23-9-8-22(16-27(23)41-7)26(38)14-15-33(6,39)28-17-25-30(29(35-28)21-10-12-24(34)13-11-21)43-19-32(25,5)36-44(40)31(2,3)4;1-17(33)37-15-20-6-5-19(13-24(20)36-4)23(34)11-12-29(3,35)25-14-22-27(38-16-28(22,2)31)26(32-25)18-7-9-21(30)10-8-18;1-13(27)31-11-15-6-5-14(9-18(15)30-4)17(28)7-8-23(3,29)19-10-16-20(21(24)26-19)32-12-22(16,2)25/h8-13,16-17,20,36-37,39H,14-15,18-19H2,1-7H3;5-10,13-14,17,33,35H,11-12,15-16,31H2,1-4H3;5-6,9-10,13,27,29H,7-8,11-12,25H2,1-4H3/t20-,32?,33?,44?;17-,28?,29?;13-,22?,23?/m000/s1. The van der Waals surface area contributed by atoms with E-state index in [1.165, 1.54) is 42.1 Å². The SMILES string of the molecule is COc1cc(C(=O)CCC(C)(O)c2cc3c(c(-c4ccc(Cl)cc4)n2)OCC3(C)N)ccc1CO[C@@H](C)O.COc1cc(C(=O)CCC(C)(O)c2cc3c(c(-c4ccc(Cl)cc4)n2)OCC3(C)NS(=O)C(C)(C)C)ccc1CO[C@@H](C)O.COc1cc(C(=O)CCC(C)(O)c2cc3c(c(Cl)n2)OCC3(C)N)ccc1CO[C@@H](C)O. The molecule has 0 fully saturated rings. The summed E-state index contributed by atoms with van der Waals surface area (Å²) in [6.07, 6.45) is -2.22. The van der Waals surface area contributed by atoms with Crippen LogP contribution < -0.4 is 44.6 Å². The van der Waals surface area contributed by atoms with Crippen LogP contribution in [0.5, 0.6) is 34.5 Å². The zero-order chi connectivity index (χ0) is 83.8. The van der Waals surface area contributed by atoms with E-state index >= 15 is 0 Å². The second kappa shape index (κ2) is 37.0. The first-order valence-electron chi connectivity index (χ1n) is 37.1. The molecule has 114 heavy (non-hydrogen) atoms. The molecule has 29 heteroatoms. The Labute approximate surface area is 682 Å². The van der Waals surface area contributed by atoms with Crippen molar-refractivity contribution in [2.75, 3.05) is 41.2 Å². The van der Waals surface area contributed by atoms with Crippen LogP contribution in [-0.2, 0) is 78.4 Å². The summed E-state index contributed by atoms with van der Waals surface area (Å²) in [4.78, 5) is 53.0. The van der Waals surface area contributed by atoms with Gasteiger partial charge in [0.05, 0.1) is 90.6 Å². The Morgan fingerprint density at radius 2 is 0.807 bits per heavy atom. The van der Waals surface area contributed by atoms with E-state index in [0.717, 1.165) is 22.3 Å². The highest BCUT2D eigenvalue weighted by Gasteiger charge is 2.45. The van der Waals surface area contributed by atoms with Gasteiger partial charge in [-0.2, -0.15) is 0 Å². The molecular formula is C85H103Cl3N6O19S. The van der Waals surface area contributed by atoms with Crippen LogP contribution in [0, 0.1) is 0 Å². The fourth-order valence-corrected chi connectivity index (χ4v) is 14.0. The molecule has 0 saturated carbocycles. The number of aromatic nitrogens is 3. The van der Waals surface area contributed by atoms with E-state index in [1.807, 2.05) is 65.8 Å². The molecule has 0 spiro atoms. The van der Waals surface area contributed by atoms with Crippen LogP contribution in [0.3, 0.4) is 0 Å². The van der Waals surface area contributed by atoms with Crippen LogP contribution in [-0.4, -0.2) is 132 Å². The number of carbonyl (C=O) groups excluding carboxylic acids is 3. The second-order valence-electron chi connectivity index (χ2n) is 31.1. The third kappa shape index (κ3) is 22.1. The van der Waals surface area contributed by atoms with Gasteiger partial charge in [0.2, 0.25) is 0 Å². The molecule has 0 radical (unpaired) electrons. The maximum atomic E-state index is 13.3. The highest BCUT2D eigenvalue weighted by Crippen LogP contribution is 2.48. The van der Waals surface area contributed by atoms with Gasteiger partial charge in [-0.25, -0.2) is 23.9 Å². The lowest BCUT2D eigenvalue weighted by Gasteiger charge is -2.30. The molecule has 11 rings (SSSR count). The summed E-state index contributed by atoms with van der Waals surface area (Å²) in [5, 5.41) is 63.7. The maximum Gasteiger partial charge on any atom is 0.171 e. The molecule has 0 saturated heterocycles. The maximum absolute atomic E-state index is 13.3. The van der Waals surface area contributed by atoms with Crippen LogP contribution >= 0.6 is 34.8 Å². The third-order valence-electron chi connectivity index (χ3n) is 19.8. The Morgan fingerprint density at radius 1 is 0.491 bits per heavy atom. The molecule has 3 aliphatic heterocycles. The number of nitrogens with zero attached hydrogens (tertiary/aromatic N) is 3. The van der Waals surface area contributed by atoms with Gasteiger partial charge >= 0.3 is 0 Å². The number of nitrogens with one attached hydrogen (secondary N) is 1. The fraction of sp³-hybridized carbons (Fsp3) is 0.435. The van der Waals surface area contributed by atoms with Crippen molar-refractivity contribution in [1.29, 1.82) is 0 Å². The van der Waals surface area contributed by atoms with Gasteiger partial charge in [0, 0.05) is 90.5 Å². The predicted octanol–water partition coefficient (Wildman–Crippen LogP) is 13.5. The van der Waals surface area contributed by atoms with Gasteiger partial charge < -0.3 is 84.7 Å². The Morgan fingerprint density at radius 3 is 1.15 bits per heavy atom. The largest absolute Gasteiger partial charge is 0.496 e. The number of carbonyl (C=O) groups is 3. The number of nitrogens with two attached hydrogens (primary N) is 2. The van der Waals surface area contributed by atoms with Crippen LogP contribution in [0.25, 0.3) is 22.5 Å². The topological polar surface area (TPSA) is 375 Å². The summed E-state index contributed by atoms with van der Waals surface area (Å²) >= 11 is 18.5. The number of hydrogen-bond acceptors (Lipinski definition) is 24. The predicted molar refractivity (Wildman–Crippen MR) is 434 cm³/mol. The quantitative estimate of drug-likeness (QED) is 0.0111. The minimum atomic E-state index is -1.49. The number of pyridine rings is 3. The van der Waals surface area contributed by atoms with Gasteiger partial charge in [0.25, 0.3) is 0 Å². The van der Waals surface area contributed by atoms with E-state index in [4.69, 9.17) is 98.9 Å². The Bertz CT molecular complexity index is 4800. The van der Waals surface area contributed by atoms with Crippen molar-refractivity contribution in [3.63, 3.8) is 0 Å². The minimum absolute atomic E-state index is 0.0365. The molecule has 0 amide bonds. The van der Waals surface area contributed by atoms with E-state index < -0.39 is 68.0 Å². The fourth-order valence-electron chi connectivity index (χ4n) is 12.7. The average Bonchev–Trinajstić information content (AvgIpc) is 1.57. The van der Waals surface area contributed by atoms with E-state index in [9.17, 15) is 49.2 Å². The number of methoxy groups -OCH3 is 3. The summed E-state index contributed by atoms with van der Waals surface area (Å²) in [5.41, 5.74) is 15.4. The lowest BCUT2D eigenvalue weighted by Crippen LogP contribution is -2.47. The first-order chi connectivity index (χ1) is 53.4. The number of hydrogen-bond donors (Lipinski definition) is 9. The molecule has 3 aromatic heterocycles. The summed E-state index contributed by atoms with van der Waals surface area (Å²) in [7, 11) is 3.11. The average molecular weight is 1650 g/mol. The Hall–Kier alpha value is -8.10. The van der Waals surface area contributed by atoms with Gasteiger partial charge in [-0.15, -0.1) is 0 Å². The number of aliphatic hydroxyl groups excluding tert-OH is 3. The van der Waals surface area contributed by atoms with Gasteiger partial charge in [-0.3, -0.25) is 14.4 Å². The molecule has 11 N–H and O–H groups in total. The smallest absolute Gasteiger partial charge is 0.171 e. The normalized spacial score (nSPS) is 19.3. The highest BCUT2D eigenvalue weighted by atomic mass is 35.5. The van der Waals surface area contributed by atoms with E-state index in [1.54, 1.807) is 118 Å². The lowest BCUT2D eigenvalue weighted by atomic mass is 9.88. The molecule has 25 nitrogen and oxygen atoms in total. The van der Waals surface area contributed by atoms with Crippen molar-refractivity contribution in [2.45, 2.75) is 198 Å². The molecule has 8 aromatic rings. The van der Waals surface area contributed by atoms with Crippen molar-refractivity contribution < 1.29 is 91.9 Å². The molecule has 0 bridgehead atoms. The number of ether oxygens (including phenoxy) is 9. The summed E-state index contributed by atoms with van der Waals surface area (Å²) in [6.45, 7) is 21.9. The number of Topliss-reactive ketones (excluding diaryl/α,β-unsaturated/α-hetero) is 3. The van der Waals surface area contributed by atoms with Gasteiger partial charge in [-0.1, -0.05) is 95.5 Å². The zero-order valence-corrected chi connectivity index (χ0v) is 69.9. The van der Waals surface area contributed by atoms with Crippen molar-refractivity contribution in [2.24, 2.45) is 11.5 Å². The number of ketones is 3. The molecular weight excluding hydrogens is 1550 g/mol. The van der Waals surface area contributed by atoms with Crippen LogP contribution in [0.1, 0.15) is 203 Å². The van der Waals surface area contributed by atoms with E-state index in [-0.39, 0.29) is 101 Å². The number of fused-ring (bicyclic) bond motifs is 3. The monoisotopic (exact) mass is 1650 g/mol. The van der Waals surface area contributed by atoms with E-state index in [2.05, 4.69) is 9.71 Å². The summed E-state index contributed by atoms with van der Waals surface area (Å²) in [6, 6.07) is 34.7. The summed E-state index contributed by atoms with van der Waals surface area (Å²) < 4.78 is 65.4. The first kappa shape index (κ1) is 89.8. The number of halogens is 3. The van der Waals surface area contributed by atoms with Crippen molar-refractivity contribution in [3.05, 3.63) is 204 Å². The Kier molecular flexibility index (Phi) is 29.2. The minimum Gasteiger partial charge on any atom is -0.496 e. The number of benzene rings is 5. The molecule has 614 valence electrons. The highest BCUT2D eigenvalue weighted by molar-refractivity contribution is 7.84.